The molecular weight excluding hydrogens is 520 g/mol. The van der Waals surface area contributed by atoms with Crippen LogP contribution in [0.1, 0.15) is 29.2 Å². The number of H-pyrrole nitrogens is 1. The number of para-hydroxylation sites is 1. The summed E-state index contributed by atoms with van der Waals surface area (Å²) in [5.41, 5.74) is 4.28. The molecule has 0 unspecified atom stereocenters. The Hall–Kier alpha value is -4.76. The number of hydrogen-bond donors (Lipinski definition) is 3. The van der Waals surface area contributed by atoms with E-state index in [1.165, 1.54) is 11.8 Å². The number of amides is 3. The van der Waals surface area contributed by atoms with Crippen LogP contribution in [0.25, 0.3) is 10.9 Å². The van der Waals surface area contributed by atoms with Gasteiger partial charge in [0.25, 0.3) is 0 Å². The predicted octanol–water partition coefficient (Wildman–Crippen LogP) is 3.88. The van der Waals surface area contributed by atoms with Gasteiger partial charge in [0.15, 0.2) is 0 Å². The fourth-order valence-electron chi connectivity index (χ4n) is 6.92. The molecule has 9 heteroatoms. The van der Waals surface area contributed by atoms with Crippen LogP contribution in [-0.2, 0) is 31.1 Å². The van der Waals surface area contributed by atoms with Gasteiger partial charge >= 0.3 is 5.97 Å². The Labute approximate surface area is 235 Å². The van der Waals surface area contributed by atoms with Crippen molar-refractivity contribution in [3.8, 4) is 5.75 Å². The maximum atomic E-state index is 14.3. The van der Waals surface area contributed by atoms with Crippen molar-refractivity contribution >= 4 is 46.0 Å². The highest BCUT2D eigenvalue weighted by Crippen LogP contribution is 2.54. The number of rotatable bonds is 4. The molecule has 2 saturated heterocycles. The Balaban J connectivity index is 1.35. The summed E-state index contributed by atoms with van der Waals surface area (Å²) >= 11 is 0. The van der Waals surface area contributed by atoms with Crippen molar-refractivity contribution in [2.24, 2.45) is 11.8 Å². The average Bonchev–Trinajstić information content (AvgIpc) is 3.66. The van der Waals surface area contributed by atoms with Gasteiger partial charge in [0.1, 0.15) is 11.3 Å². The third kappa shape index (κ3) is 3.52. The normalized spacial score (nSPS) is 24.7. The van der Waals surface area contributed by atoms with E-state index in [-0.39, 0.29) is 11.8 Å². The van der Waals surface area contributed by atoms with Crippen LogP contribution in [-0.4, -0.2) is 34.7 Å². The van der Waals surface area contributed by atoms with Crippen molar-refractivity contribution in [1.29, 1.82) is 0 Å². The number of fused-ring (bicyclic) bond motifs is 5. The van der Waals surface area contributed by atoms with Crippen molar-refractivity contribution in [2.75, 3.05) is 10.2 Å². The van der Waals surface area contributed by atoms with Gasteiger partial charge in [0, 0.05) is 41.3 Å². The number of ether oxygens (including phenoxy) is 1. The lowest BCUT2D eigenvalue weighted by Crippen LogP contribution is -2.53. The van der Waals surface area contributed by atoms with E-state index in [0.717, 1.165) is 27.6 Å². The minimum Gasteiger partial charge on any atom is -0.427 e. The fourth-order valence-corrected chi connectivity index (χ4v) is 6.92. The Bertz CT molecular complexity index is 1790. The first-order chi connectivity index (χ1) is 19.7. The van der Waals surface area contributed by atoms with Crippen LogP contribution in [0.15, 0.2) is 66.9 Å². The standard InChI is InChI=1S/C32H28N4O5/c1-16-8-13-23-28(17(16)2)34-31(40)32(23)27-26(25(35-32)14-19-15-33-24-7-5-4-6-22(19)24)29(38)36(30(27)39)20-9-11-21(12-10-20)41-18(3)37/h4-13,15,25-27,33,35H,14H2,1-3H3,(H,34,40)/t25-,26+,27-,32+/m0/s1. The molecule has 0 aliphatic carbocycles. The summed E-state index contributed by atoms with van der Waals surface area (Å²) in [6.45, 7) is 5.22. The molecule has 0 radical (unpaired) electrons. The van der Waals surface area contributed by atoms with Gasteiger partial charge in [0.2, 0.25) is 17.7 Å². The second-order valence-corrected chi connectivity index (χ2v) is 11.1. The number of imide groups is 1. The zero-order valence-corrected chi connectivity index (χ0v) is 22.8. The zero-order valence-electron chi connectivity index (χ0n) is 22.8. The molecule has 1 spiro atoms. The van der Waals surface area contributed by atoms with Crippen LogP contribution in [0.2, 0.25) is 0 Å². The number of benzene rings is 3. The van der Waals surface area contributed by atoms with E-state index in [0.29, 0.717) is 29.1 Å². The van der Waals surface area contributed by atoms with E-state index >= 15 is 0 Å². The van der Waals surface area contributed by atoms with Crippen LogP contribution in [0.5, 0.6) is 5.75 Å². The van der Waals surface area contributed by atoms with Crippen LogP contribution in [0.4, 0.5) is 11.4 Å². The van der Waals surface area contributed by atoms with Gasteiger partial charge in [-0.1, -0.05) is 30.3 Å². The van der Waals surface area contributed by atoms with Gasteiger partial charge in [-0.15, -0.1) is 0 Å². The van der Waals surface area contributed by atoms with Crippen molar-refractivity contribution in [3.63, 3.8) is 0 Å². The summed E-state index contributed by atoms with van der Waals surface area (Å²) in [6, 6.07) is 17.5. The minimum atomic E-state index is -1.39. The number of aryl methyl sites for hydroxylation is 1. The third-order valence-corrected chi connectivity index (χ3v) is 8.89. The molecule has 4 heterocycles. The number of anilines is 2. The van der Waals surface area contributed by atoms with Gasteiger partial charge in [-0.25, -0.2) is 4.90 Å². The first kappa shape index (κ1) is 25.2. The van der Waals surface area contributed by atoms with Crippen molar-refractivity contribution < 1.29 is 23.9 Å². The third-order valence-electron chi connectivity index (χ3n) is 8.89. The van der Waals surface area contributed by atoms with E-state index in [9.17, 15) is 19.2 Å². The quantitative estimate of drug-likeness (QED) is 0.202. The topological polar surface area (TPSA) is 121 Å². The summed E-state index contributed by atoms with van der Waals surface area (Å²) in [4.78, 5) is 58.3. The number of aromatic amines is 1. The van der Waals surface area contributed by atoms with E-state index in [1.54, 1.807) is 24.3 Å². The molecule has 4 atom stereocenters. The Morgan fingerprint density at radius 2 is 1.73 bits per heavy atom. The Kier molecular flexibility index (Phi) is 5.46. The molecule has 2 fully saturated rings. The van der Waals surface area contributed by atoms with Crippen molar-refractivity contribution in [3.05, 3.63) is 89.1 Å². The van der Waals surface area contributed by atoms with Crippen LogP contribution in [0, 0.1) is 25.7 Å². The van der Waals surface area contributed by atoms with E-state index in [1.807, 2.05) is 56.4 Å². The van der Waals surface area contributed by atoms with Crippen LogP contribution >= 0.6 is 0 Å². The molecule has 0 bridgehead atoms. The molecule has 3 aromatic carbocycles. The number of nitrogens with one attached hydrogen (secondary N) is 3. The number of carbonyl (C=O) groups is 4. The second-order valence-electron chi connectivity index (χ2n) is 11.1. The van der Waals surface area contributed by atoms with Crippen molar-refractivity contribution in [2.45, 2.75) is 38.8 Å². The minimum absolute atomic E-state index is 0.311. The zero-order chi connectivity index (χ0) is 28.6. The summed E-state index contributed by atoms with van der Waals surface area (Å²) in [5, 5.41) is 7.61. The number of carbonyl (C=O) groups excluding carboxylic acids is 4. The Morgan fingerprint density at radius 1 is 0.976 bits per heavy atom. The first-order valence-electron chi connectivity index (χ1n) is 13.6. The molecule has 3 N–H and O–H groups in total. The second kappa shape index (κ2) is 8.87. The summed E-state index contributed by atoms with van der Waals surface area (Å²) in [5.74, 6) is -3.00. The molecule has 1 aromatic heterocycles. The molecule has 41 heavy (non-hydrogen) atoms. The highest BCUT2D eigenvalue weighted by Gasteiger charge is 2.70. The summed E-state index contributed by atoms with van der Waals surface area (Å²) in [6.07, 6.45) is 2.37. The van der Waals surface area contributed by atoms with Crippen LogP contribution < -0.4 is 20.3 Å². The molecule has 9 nitrogen and oxygen atoms in total. The highest BCUT2D eigenvalue weighted by molar-refractivity contribution is 6.26. The smallest absolute Gasteiger partial charge is 0.308 e. The lowest BCUT2D eigenvalue weighted by Gasteiger charge is -2.29. The number of aromatic nitrogens is 1. The molecule has 7 rings (SSSR count). The SMILES string of the molecule is CC(=O)Oc1ccc(N2C(=O)[C@@H]3[C@H](Cc4c[nH]c5ccccc45)N[C@@]4(C(=O)Nc5c4ccc(C)c5C)[C@@H]3C2=O)cc1. The average molecular weight is 549 g/mol. The number of nitrogens with zero attached hydrogens (tertiary/aromatic N) is 1. The van der Waals surface area contributed by atoms with Gasteiger partial charge in [0.05, 0.1) is 17.5 Å². The molecule has 206 valence electrons. The lowest BCUT2D eigenvalue weighted by atomic mass is 9.75. The first-order valence-corrected chi connectivity index (χ1v) is 13.6. The fraction of sp³-hybridized carbons (Fsp3) is 0.250. The number of esters is 1. The van der Waals surface area contributed by atoms with Gasteiger partial charge in [-0.3, -0.25) is 24.5 Å². The number of hydrogen-bond acceptors (Lipinski definition) is 6. The highest BCUT2D eigenvalue weighted by atomic mass is 16.5. The van der Waals surface area contributed by atoms with Gasteiger partial charge in [-0.05, 0) is 67.3 Å². The van der Waals surface area contributed by atoms with Gasteiger partial charge < -0.3 is 15.0 Å². The van der Waals surface area contributed by atoms with E-state index in [2.05, 4.69) is 15.6 Å². The monoisotopic (exact) mass is 548 g/mol. The summed E-state index contributed by atoms with van der Waals surface area (Å²) in [7, 11) is 0. The van der Waals surface area contributed by atoms with Crippen LogP contribution in [0.3, 0.4) is 0 Å². The largest absolute Gasteiger partial charge is 0.427 e. The Morgan fingerprint density at radius 3 is 2.49 bits per heavy atom. The maximum Gasteiger partial charge on any atom is 0.308 e. The van der Waals surface area contributed by atoms with E-state index in [4.69, 9.17) is 4.74 Å². The molecular formula is C32H28N4O5. The molecule has 3 aliphatic rings. The molecule has 3 amide bonds. The van der Waals surface area contributed by atoms with E-state index < -0.39 is 35.3 Å². The van der Waals surface area contributed by atoms with Gasteiger partial charge in [-0.2, -0.15) is 0 Å². The predicted molar refractivity (Wildman–Crippen MR) is 152 cm³/mol. The summed E-state index contributed by atoms with van der Waals surface area (Å²) < 4.78 is 5.13. The molecule has 4 aromatic rings. The lowest BCUT2D eigenvalue weighted by molar-refractivity contribution is -0.132. The maximum absolute atomic E-state index is 14.3. The molecule has 0 saturated carbocycles. The molecule has 3 aliphatic heterocycles. The van der Waals surface area contributed by atoms with Crippen molar-refractivity contribution in [1.82, 2.24) is 10.3 Å².